The highest BCUT2D eigenvalue weighted by molar-refractivity contribution is 6.30. The van der Waals surface area contributed by atoms with Crippen LogP contribution in [-0.2, 0) is 9.53 Å². The van der Waals surface area contributed by atoms with Gasteiger partial charge < -0.3 is 15.4 Å². The maximum atomic E-state index is 13.0. The molecule has 1 fully saturated rings. The number of benzene rings is 2. The van der Waals surface area contributed by atoms with Gasteiger partial charge in [-0.1, -0.05) is 54.1 Å². The number of carbonyl (C=O) groups excluding carboxylic acids is 2. The molecule has 0 aromatic heterocycles. The summed E-state index contributed by atoms with van der Waals surface area (Å²) in [6, 6.07) is 16.7. The van der Waals surface area contributed by atoms with E-state index in [-0.39, 0.29) is 12.6 Å². The Hall–Kier alpha value is -2.83. The number of nitrogens with one attached hydrogen (secondary N) is 2. The van der Waals surface area contributed by atoms with Gasteiger partial charge in [0, 0.05) is 23.8 Å². The molecule has 4 rings (SSSR count). The smallest absolute Gasteiger partial charge is 0.338 e. The third-order valence-electron chi connectivity index (χ3n) is 6.01. The molecule has 0 bridgehead atoms. The zero-order valence-corrected chi connectivity index (χ0v) is 18.9. The van der Waals surface area contributed by atoms with Crippen LogP contribution in [0.15, 0.2) is 65.9 Å². The summed E-state index contributed by atoms with van der Waals surface area (Å²) in [7, 11) is 0. The molecule has 0 saturated carbocycles. The molecule has 2 aliphatic rings. The summed E-state index contributed by atoms with van der Waals surface area (Å²) in [4.78, 5) is 27.8. The minimum absolute atomic E-state index is 0.261. The Kier molecular flexibility index (Phi) is 7.12. The molecule has 1 saturated heterocycles. The van der Waals surface area contributed by atoms with E-state index in [0.717, 1.165) is 31.5 Å². The molecule has 7 heteroatoms. The van der Waals surface area contributed by atoms with Crippen molar-refractivity contribution in [1.82, 2.24) is 15.5 Å². The molecule has 0 spiro atoms. The lowest BCUT2D eigenvalue weighted by Gasteiger charge is -2.36. The number of hydrogen-bond donors (Lipinski definition) is 2. The zero-order chi connectivity index (χ0) is 22.5. The van der Waals surface area contributed by atoms with E-state index in [2.05, 4.69) is 39.8 Å². The lowest BCUT2D eigenvalue weighted by molar-refractivity contribution is -0.139. The van der Waals surface area contributed by atoms with Gasteiger partial charge in [-0.3, -0.25) is 4.90 Å². The van der Waals surface area contributed by atoms with Crippen LogP contribution in [-0.4, -0.2) is 43.1 Å². The summed E-state index contributed by atoms with van der Waals surface area (Å²) in [5, 5.41) is 6.35. The monoisotopic (exact) mass is 453 g/mol. The number of esters is 1. The molecule has 2 N–H and O–H groups in total. The second-order valence-electron chi connectivity index (χ2n) is 8.18. The van der Waals surface area contributed by atoms with Gasteiger partial charge in [0.05, 0.1) is 18.2 Å². The van der Waals surface area contributed by atoms with Crippen molar-refractivity contribution in [3.05, 3.63) is 82.0 Å². The molecule has 2 heterocycles. The Morgan fingerprint density at radius 1 is 1.12 bits per heavy atom. The first-order valence-electron chi connectivity index (χ1n) is 11.1. The summed E-state index contributed by atoms with van der Waals surface area (Å²) in [6.07, 6.45) is 2.19. The average Bonchev–Trinajstić information content (AvgIpc) is 2.80. The van der Waals surface area contributed by atoms with Gasteiger partial charge in [-0.2, -0.15) is 0 Å². The van der Waals surface area contributed by atoms with Gasteiger partial charge in [0.2, 0.25) is 0 Å². The van der Waals surface area contributed by atoms with Crippen LogP contribution in [0.2, 0.25) is 5.02 Å². The molecule has 6 nitrogen and oxygen atoms in total. The van der Waals surface area contributed by atoms with Crippen molar-refractivity contribution in [3.63, 3.8) is 0 Å². The number of ether oxygens (including phenoxy) is 1. The normalized spacial score (nSPS) is 21.6. The summed E-state index contributed by atoms with van der Waals surface area (Å²) < 4.78 is 5.37. The molecule has 168 valence electrons. The van der Waals surface area contributed by atoms with Gasteiger partial charge in [0.15, 0.2) is 0 Å². The predicted octanol–water partition coefficient (Wildman–Crippen LogP) is 4.39. The summed E-state index contributed by atoms with van der Waals surface area (Å²) in [5.41, 5.74) is 3.15. The number of urea groups is 1. The average molecular weight is 454 g/mol. The van der Waals surface area contributed by atoms with Crippen LogP contribution in [0.5, 0.6) is 0 Å². The van der Waals surface area contributed by atoms with Gasteiger partial charge in [0.25, 0.3) is 0 Å². The Labute approximate surface area is 193 Å². The minimum Gasteiger partial charge on any atom is -0.463 e. The number of nitrogens with zero attached hydrogens (tertiary/aromatic N) is 1. The van der Waals surface area contributed by atoms with Gasteiger partial charge >= 0.3 is 12.0 Å². The van der Waals surface area contributed by atoms with E-state index >= 15 is 0 Å². The Morgan fingerprint density at radius 2 is 1.88 bits per heavy atom. The zero-order valence-electron chi connectivity index (χ0n) is 18.1. The maximum Gasteiger partial charge on any atom is 0.338 e. The first-order chi connectivity index (χ1) is 15.5. The Bertz CT molecular complexity index is 991. The van der Waals surface area contributed by atoms with E-state index < -0.39 is 12.0 Å². The largest absolute Gasteiger partial charge is 0.463 e. The maximum absolute atomic E-state index is 13.0. The molecule has 2 aromatic rings. The Morgan fingerprint density at radius 3 is 2.59 bits per heavy atom. The molecule has 2 atom stereocenters. The van der Waals surface area contributed by atoms with Crippen LogP contribution >= 0.6 is 11.6 Å². The first-order valence-corrected chi connectivity index (χ1v) is 11.4. The molecule has 2 aromatic carbocycles. The first kappa shape index (κ1) is 22.4. The minimum atomic E-state index is -0.593. The van der Waals surface area contributed by atoms with Crippen molar-refractivity contribution >= 4 is 23.6 Å². The number of likely N-dealkylation sites (tertiary alicyclic amines) is 1. The van der Waals surface area contributed by atoms with Gasteiger partial charge in [-0.25, -0.2) is 9.59 Å². The fraction of sp³-hybridized carbons (Fsp3) is 0.360. The van der Waals surface area contributed by atoms with Gasteiger partial charge in [0.1, 0.15) is 0 Å². The second-order valence-corrected chi connectivity index (χ2v) is 8.62. The van der Waals surface area contributed by atoms with Crippen molar-refractivity contribution in [1.29, 1.82) is 0 Å². The summed E-state index contributed by atoms with van der Waals surface area (Å²) in [5.74, 6) is 0.00708. The number of hydrogen-bond acceptors (Lipinski definition) is 4. The SMILES string of the molecule is CCOC(=O)C1=C(CN2CCC[C@H](c3ccccc3)C2)NC(=O)N[C@@H]1c1ccc(Cl)cc1. The molecule has 2 amide bonds. The molecule has 2 aliphatic heterocycles. The topological polar surface area (TPSA) is 70.7 Å². The van der Waals surface area contributed by atoms with Crippen LogP contribution < -0.4 is 10.6 Å². The highest BCUT2D eigenvalue weighted by atomic mass is 35.5. The molecule has 0 radical (unpaired) electrons. The third kappa shape index (κ3) is 5.14. The van der Waals surface area contributed by atoms with Crippen molar-refractivity contribution in [2.24, 2.45) is 0 Å². The molecular formula is C25H28ClN3O3. The predicted molar refractivity (Wildman–Crippen MR) is 124 cm³/mol. The molecular weight excluding hydrogens is 426 g/mol. The van der Waals surface area contributed by atoms with E-state index in [1.54, 1.807) is 19.1 Å². The van der Waals surface area contributed by atoms with Crippen molar-refractivity contribution in [2.75, 3.05) is 26.2 Å². The van der Waals surface area contributed by atoms with E-state index in [9.17, 15) is 9.59 Å². The molecule has 0 unspecified atom stereocenters. The second kappa shape index (κ2) is 10.2. The van der Waals surface area contributed by atoms with Crippen LogP contribution in [0.4, 0.5) is 4.79 Å². The number of rotatable bonds is 6. The quantitative estimate of drug-likeness (QED) is 0.636. The van der Waals surface area contributed by atoms with Crippen LogP contribution in [0.1, 0.15) is 42.9 Å². The fourth-order valence-corrected chi connectivity index (χ4v) is 4.64. The lowest BCUT2D eigenvalue weighted by atomic mass is 9.90. The van der Waals surface area contributed by atoms with E-state index in [1.807, 2.05) is 18.2 Å². The van der Waals surface area contributed by atoms with Gasteiger partial charge in [-0.15, -0.1) is 0 Å². The Balaban J connectivity index is 1.63. The van der Waals surface area contributed by atoms with Crippen LogP contribution in [0.3, 0.4) is 0 Å². The number of halogens is 1. The third-order valence-corrected chi connectivity index (χ3v) is 6.26. The molecule has 32 heavy (non-hydrogen) atoms. The van der Waals surface area contributed by atoms with Gasteiger partial charge in [-0.05, 0) is 55.5 Å². The van der Waals surface area contributed by atoms with Crippen molar-refractivity contribution in [3.8, 4) is 0 Å². The summed E-state index contributed by atoms with van der Waals surface area (Å²) >= 11 is 6.04. The van der Waals surface area contributed by atoms with Crippen molar-refractivity contribution < 1.29 is 14.3 Å². The van der Waals surface area contributed by atoms with E-state index in [0.29, 0.717) is 28.8 Å². The fourth-order valence-electron chi connectivity index (χ4n) is 4.52. The molecule has 0 aliphatic carbocycles. The number of carbonyl (C=O) groups is 2. The highest BCUT2D eigenvalue weighted by Gasteiger charge is 2.35. The standard InChI is InChI=1S/C25H28ClN3O3/c1-2-32-24(30)22-21(27-25(31)28-23(22)18-10-12-20(26)13-11-18)16-29-14-6-9-19(15-29)17-7-4-3-5-8-17/h3-5,7-8,10-13,19,23H,2,6,9,14-16H2,1H3,(H2,27,28,31)/t19-,23+/m0/s1. The number of piperidine rings is 1. The highest BCUT2D eigenvalue weighted by Crippen LogP contribution is 2.31. The lowest BCUT2D eigenvalue weighted by Crippen LogP contribution is -2.49. The van der Waals surface area contributed by atoms with Crippen LogP contribution in [0, 0.1) is 0 Å². The van der Waals surface area contributed by atoms with E-state index in [4.69, 9.17) is 16.3 Å². The van der Waals surface area contributed by atoms with E-state index in [1.165, 1.54) is 5.56 Å². The van der Waals surface area contributed by atoms with Crippen molar-refractivity contribution in [2.45, 2.75) is 31.7 Å². The van der Waals surface area contributed by atoms with Crippen LogP contribution in [0.25, 0.3) is 0 Å². The summed E-state index contributed by atoms with van der Waals surface area (Å²) in [6.45, 7) is 4.31. The number of amides is 2.